The SMILES string of the molecule is CC(C)(C)c1ccnc(-n2c3ccc(C(C)(C)c4ccccc4)cc3c3ccc(Oc4cccc(-n5cc(C(C)(C)c6ccccc6)cn5)c4)cc32)c1. The van der Waals surface area contributed by atoms with Gasteiger partial charge in [-0.15, -0.1) is 0 Å². The number of hydrogen-bond donors (Lipinski definition) is 0. The third-order valence-corrected chi connectivity index (χ3v) is 10.9. The third kappa shape index (κ3) is 6.31. The highest BCUT2D eigenvalue weighted by molar-refractivity contribution is 6.09. The number of pyridine rings is 1. The van der Waals surface area contributed by atoms with Crippen LogP contribution in [0.1, 0.15) is 76.3 Å². The van der Waals surface area contributed by atoms with E-state index in [1.807, 2.05) is 35.3 Å². The van der Waals surface area contributed by atoms with E-state index in [0.29, 0.717) is 0 Å². The Hall–Kier alpha value is -5.94. The van der Waals surface area contributed by atoms with Crippen LogP contribution in [-0.4, -0.2) is 19.3 Å². The minimum Gasteiger partial charge on any atom is -0.457 e. The largest absolute Gasteiger partial charge is 0.457 e. The average molecular weight is 695 g/mol. The molecular weight excluding hydrogens is 649 g/mol. The lowest BCUT2D eigenvalue weighted by molar-refractivity contribution is 0.483. The van der Waals surface area contributed by atoms with Gasteiger partial charge in [-0.05, 0) is 76.2 Å². The fraction of sp³-hybridized carbons (Fsp3) is 0.208. The van der Waals surface area contributed by atoms with Crippen LogP contribution in [0.2, 0.25) is 0 Å². The van der Waals surface area contributed by atoms with E-state index in [2.05, 4.69) is 174 Å². The van der Waals surface area contributed by atoms with Crippen LogP contribution < -0.4 is 4.74 Å². The Morgan fingerprint density at radius 2 is 1.19 bits per heavy atom. The van der Waals surface area contributed by atoms with Crippen LogP contribution in [0.5, 0.6) is 11.5 Å². The van der Waals surface area contributed by atoms with Crippen molar-refractivity contribution in [1.29, 1.82) is 0 Å². The number of benzene rings is 5. The first kappa shape index (κ1) is 34.2. The maximum atomic E-state index is 6.62. The zero-order valence-electron chi connectivity index (χ0n) is 31.6. The Labute approximate surface area is 312 Å². The molecule has 0 atom stereocenters. The molecule has 264 valence electrons. The summed E-state index contributed by atoms with van der Waals surface area (Å²) in [5.41, 5.74) is 8.89. The lowest BCUT2D eigenvalue weighted by Gasteiger charge is -2.26. The standard InChI is InChI=1S/C48H46N4O/c1-46(2,3)35-25-26-49-45(28-35)52-43-24-21-36(47(4,5)33-15-10-8-11-16-33)27-42(43)41-23-22-40(30-44(41)52)53-39-20-14-19-38(29-39)51-32-37(31-50-51)48(6,7)34-17-12-9-13-18-34/h8-32H,1-7H3. The minimum absolute atomic E-state index is 0.0186. The van der Waals surface area contributed by atoms with Crippen LogP contribution in [0, 0.1) is 0 Å². The molecule has 0 spiro atoms. The second-order valence-electron chi connectivity index (χ2n) is 16.2. The van der Waals surface area contributed by atoms with Crippen molar-refractivity contribution in [3.63, 3.8) is 0 Å². The molecule has 0 aliphatic carbocycles. The van der Waals surface area contributed by atoms with Crippen molar-refractivity contribution >= 4 is 21.8 Å². The van der Waals surface area contributed by atoms with Gasteiger partial charge in [0.15, 0.2) is 0 Å². The van der Waals surface area contributed by atoms with Crippen molar-refractivity contribution in [2.45, 2.75) is 64.7 Å². The predicted octanol–water partition coefficient (Wildman–Crippen LogP) is 12.1. The van der Waals surface area contributed by atoms with Gasteiger partial charge in [-0.25, -0.2) is 9.67 Å². The maximum absolute atomic E-state index is 6.62. The van der Waals surface area contributed by atoms with Crippen LogP contribution in [0.15, 0.2) is 152 Å². The summed E-state index contributed by atoms with van der Waals surface area (Å²) in [4.78, 5) is 4.92. The van der Waals surface area contributed by atoms with Gasteiger partial charge in [0, 0.05) is 51.7 Å². The Balaban J connectivity index is 1.20. The zero-order chi connectivity index (χ0) is 37.0. The number of fused-ring (bicyclic) bond motifs is 3. The number of ether oxygens (including phenoxy) is 1. The van der Waals surface area contributed by atoms with Crippen molar-refractivity contribution in [3.05, 3.63) is 180 Å². The van der Waals surface area contributed by atoms with E-state index in [-0.39, 0.29) is 16.2 Å². The molecular formula is C48H46N4O. The van der Waals surface area contributed by atoms with Gasteiger partial charge in [0.25, 0.3) is 0 Å². The van der Waals surface area contributed by atoms with Gasteiger partial charge in [-0.3, -0.25) is 4.57 Å². The number of rotatable bonds is 8. The lowest BCUT2D eigenvalue weighted by atomic mass is 9.78. The molecule has 5 nitrogen and oxygen atoms in total. The van der Waals surface area contributed by atoms with E-state index in [4.69, 9.17) is 14.8 Å². The third-order valence-electron chi connectivity index (χ3n) is 10.9. The summed E-state index contributed by atoms with van der Waals surface area (Å²) in [7, 11) is 0. The summed E-state index contributed by atoms with van der Waals surface area (Å²) < 4.78 is 10.8. The van der Waals surface area contributed by atoms with E-state index in [0.717, 1.165) is 45.0 Å². The van der Waals surface area contributed by atoms with E-state index in [1.165, 1.54) is 27.6 Å². The monoisotopic (exact) mass is 694 g/mol. The molecule has 8 rings (SSSR count). The molecule has 0 saturated heterocycles. The number of aromatic nitrogens is 4. The van der Waals surface area contributed by atoms with Crippen LogP contribution in [0.3, 0.4) is 0 Å². The van der Waals surface area contributed by atoms with Gasteiger partial charge in [0.1, 0.15) is 17.3 Å². The Kier molecular flexibility index (Phi) is 8.33. The first-order valence-electron chi connectivity index (χ1n) is 18.4. The van der Waals surface area contributed by atoms with Crippen molar-refractivity contribution < 1.29 is 4.74 Å². The topological polar surface area (TPSA) is 44.9 Å². The molecule has 8 aromatic rings. The van der Waals surface area contributed by atoms with Crippen molar-refractivity contribution in [2.24, 2.45) is 0 Å². The summed E-state index contributed by atoms with van der Waals surface area (Å²) in [6, 6.07) is 47.0. The summed E-state index contributed by atoms with van der Waals surface area (Å²) in [6.45, 7) is 15.8. The van der Waals surface area contributed by atoms with E-state index in [9.17, 15) is 0 Å². The van der Waals surface area contributed by atoms with Gasteiger partial charge in [0.05, 0.1) is 22.9 Å². The highest BCUT2D eigenvalue weighted by atomic mass is 16.5. The molecule has 3 heterocycles. The van der Waals surface area contributed by atoms with Crippen molar-refractivity contribution in [1.82, 2.24) is 19.3 Å². The van der Waals surface area contributed by atoms with Gasteiger partial charge in [0.2, 0.25) is 0 Å². The molecule has 0 aliphatic rings. The highest BCUT2D eigenvalue weighted by Gasteiger charge is 2.26. The molecule has 3 aromatic heterocycles. The molecule has 53 heavy (non-hydrogen) atoms. The molecule has 0 saturated carbocycles. The molecule has 0 N–H and O–H groups in total. The second kappa shape index (κ2) is 12.9. The van der Waals surface area contributed by atoms with E-state index in [1.54, 1.807) is 0 Å². The Morgan fingerprint density at radius 1 is 0.509 bits per heavy atom. The molecule has 0 amide bonds. The van der Waals surface area contributed by atoms with Gasteiger partial charge in [-0.2, -0.15) is 5.10 Å². The van der Waals surface area contributed by atoms with Gasteiger partial charge < -0.3 is 4.74 Å². The first-order valence-corrected chi connectivity index (χ1v) is 18.4. The first-order chi connectivity index (χ1) is 25.4. The molecule has 0 aliphatic heterocycles. The number of nitrogens with zero attached hydrogens (tertiary/aromatic N) is 4. The van der Waals surface area contributed by atoms with E-state index < -0.39 is 0 Å². The second-order valence-corrected chi connectivity index (χ2v) is 16.2. The normalized spacial score (nSPS) is 12.4. The average Bonchev–Trinajstić information content (AvgIpc) is 3.79. The molecule has 5 aromatic carbocycles. The summed E-state index contributed by atoms with van der Waals surface area (Å²) in [5, 5.41) is 7.09. The van der Waals surface area contributed by atoms with Crippen LogP contribution in [-0.2, 0) is 16.2 Å². The summed E-state index contributed by atoms with van der Waals surface area (Å²) in [5.74, 6) is 2.38. The molecule has 0 fully saturated rings. The smallest absolute Gasteiger partial charge is 0.137 e. The molecule has 0 unspecified atom stereocenters. The lowest BCUT2D eigenvalue weighted by Crippen LogP contribution is -2.18. The fourth-order valence-electron chi connectivity index (χ4n) is 7.36. The molecule has 5 heteroatoms. The van der Waals surface area contributed by atoms with Gasteiger partial charge in [-0.1, -0.05) is 121 Å². The zero-order valence-corrected chi connectivity index (χ0v) is 31.6. The van der Waals surface area contributed by atoms with Crippen LogP contribution in [0.25, 0.3) is 33.3 Å². The summed E-state index contributed by atoms with van der Waals surface area (Å²) in [6.07, 6.45) is 6.00. The predicted molar refractivity (Wildman–Crippen MR) is 218 cm³/mol. The minimum atomic E-state index is -0.180. The van der Waals surface area contributed by atoms with Crippen molar-refractivity contribution in [2.75, 3.05) is 0 Å². The molecule has 0 radical (unpaired) electrons. The highest BCUT2D eigenvalue weighted by Crippen LogP contribution is 2.40. The van der Waals surface area contributed by atoms with E-state index >= 15 is 0 Å². The number of hydrogen-bond acceptors (Lipinski definition) is 3. The van der Waals surface area contributed by atoms with Crippen LogP contribution >= 0.6 is 0 Å². The Morgan fingerprint density at radius 3 is 1.89 bits per heavy atom. The maximum Gasteiger partial charge on any atom is 0.137 e. The fourth-order valence-corrected chi connectivity index (χ4v) is 7.36. The molecule has 0 bridgehead atoms. The quantitative estimate of drug-likeness (QED) is 0.159. The van der Waals surface area contributed by atoms with Crippen molar-refractivity contribution in [3.8, 4) is 23.0 Å². The van der Waals surface area contributed by atoms with Gasteiger partial charge >= 0.3 is 0 Å². The van der Waals surface area contributed by atoms with Crippen LogP contribution in [0.4, 0.5) is 0 Å². The summed E-state index contributed by atoms with van der Waals surface area (Å²) >= 11 is 0. The Bertz CT molecular complexity index is 2570.